The molecule has 86 valence electrons. The summed E-state index contributed by atoms with van der Waals surface area (Å²) in [7, 11) is -0.683. The normalized spacial score (nSPS) is 15.1. The molecule has 1 N–H and O–H groups in total. The lowest BCUT2D eigenvalue weighted by molar-refractivity contribution is 0.533. The topological polar surface area (TPSA) is 42.0 Å². The van der Waals surface area contributed by atoms with Crippen LogP contribution in [0.3, 0.4) is 0 Å². The molecule has 0 spiro atoms. The van der Waals surface area contributed by atoms with Crippen molar-refractivity contribution >= 4 is 22.1 Å². The summed E-state index contributed by atoms with van der Waals surface area (Å²) in [5.41, 5.74) is 1.08. The maximum Gasteiger partial charge on any atom is 0.107 e. The maximum absolute atomic E-state index is 10.9. The molecule has 0 aromatic carbocycles. The van der Waals surface area contributed by atoms with Crippen molar-refractivity contribution in [1.29, 1.82) is 0 Å². The molecule has 2 unspecified atom stereocenters. The van der Waals surface area contributed by atoms with Gasteiger partial charge in [-0.15, -0.1) is 11.3 Å². The second-order valence-corrected chi connectivity index (χ2v) is 6.23. The lowest BCUT2D eigenvalue weighted by Gasteiger charge is -2.11. The number of hydrogen-bond donors (Lipinski definition) is 1. The minimum absolute atomic E-state index is 0.401. The zero-order valence-electron chi connectivity index (χ0n) is 9.45. The van der Waals surface area contributed by atoms with E-state index in [1.807, 2.05) is 6.92 Å². The van der Waals surface area contributed by atoms with Gasteiger partial charge in [0.1, 0.15) is 5.01 Å². The van der Waals surface area contributed by atoms with Crippen LogP contribution in [0.5, 0.6) is 0 Å². The fourth-order valence-corrected chi connectivity index (χ4v) is 2.60. The average Bonchev–Trinajstić information content (AvgIpc) is 2.58. The molecule has 0 saturated heterocycles. The Morgan fingerprint density at radius 3 is 2.93 bits per heavy atom. The zero-order chi connectivity index (χ0) is 11.3. The van der Waals surface area contributed by atoms with Crippen molar-refractivity contribution in [2.75, 3.05) is 12.0 Å². The molecule has 1 aromatic rings. The van der Waals surface area contributed by atoms with Crippen molar-refractivity contribution in [2.24, 2.45) is 0 Å². The highest BCUT2D eigenvalue weighted by atomic mass is 32.2. The Bertz CT molecular complexity index is 325. The first-order valence-electron chi connectivity index (χ1n) is 5.02. The van der Waals surface area contributed by atoms with Crippen molar-refractivity contribution in [2.45, 2.75) is 32.9 Å². The molecule has 0 bridgehead atoms. The molecule has 3 nitrogen and oxygen atoms in total. The Morgan fingerprint density at radius 2 is 2.40 bits per heavy atom. The molecule has 0 aliphatic heterocycles. The zero-order valence-corrected chi connectivity index (χ0v) is 11.1. The highest BCUT2D eigenvalue weighted by molar-refractivity contribution is 7.84. The molecular weight excluding hydrogens is 228 g/mol. The Hall–Kier alpha value is -0.260. The van der Waals surface area contributed by atoms with E-state index in [4.69, 9.17) is 0 Å². The van der Waals surface area contributed by atoms with E-state index >= 15 is 0 Å². The van der Waals surface area contributed by atoms with Crippen LogP contribution >= 0.6 is 11.3 Å². The molecule has 0 radical (unpaired) electrons. The van der Waals surface area contributed by atoms with Crippen molar-refractivity contribution in [3.05, 3.63) is 16.1 Å². The Balaban J connectivity index is 2.22. The fourth-order valence-electron chi connectivity index (χ4n) is 1.19. The summed E-state index contributed by atoms with van der Waals surface area (Å²) in [6, 6.07) is 0.401. The van der Waals surface area contributed by atoms with Gasteiger partial charge >= 0.3 is 0 Å². The molecule has 1 aromatic heterocycles. The van der Waals surface area contributed by atoms with Crippen LogP contribution in [-0.2, 0) is 17.3 Å². The smallest absolute Gasteiger partial charge is 0.107 e. The van der Waals surface area contributed by atoms with Crippen LogP contribution in [0.25, 0.3) is 0 Å². The second-order valence-electron chi connectivity index (χ2n) is 3.73. The third-order valence-corrected chi connectivity index (χ3v) is 3.88. The van der Waals surface area contributed by atoms with E-state index in [1.165, 1.54) is 0 Å². The van der Waals surface area contributed by atoms with Crippen LogP contribution < -0.4 is 5.32 Å². The highest BCUT2D eigenvalue weighted by Crippen LogP contribution is 2.08. The van der Waals surface area contributed by atoms with Crippen LogP contribution in [0.2, 0.25) is 0 Å². The fraction of sp³-hybridized carbons (Fsp3) is 0.700. The van der Waals surface area contributed by atoms with Gasteiger partial charge in [-0.3, -0.25) is 4.21 Å². The number of aryl methyl sites for hydroxylation is 1. The molecule has 0 saturated carbocycles. The number of thiazole rings is 1. The Labute approximate surface area is 97.8 Å². The number of nitrogens with zero attached hydrogens (tertiary/aromatic N) is 1. The van der Waals surface area contributed by atoms with E-state index in [9.17, 15) is 4.21 Å². The van der Waals surface area contributed by atoms with Gasteiger partial charge in [0.15, 0.2) is 0 Å². The predicted octanol–water partition coefficient (Wildman–Crippen LogP) is 1.70. The number of hydrogen-bond acceptors (Lipinski definition) is 4. The average molecular weight is 246 g/mol. The molecule has 2 atom stereocenters. The van der Waals surface area contributed by atoms with Gasteiger partial charge in [0.2, 0.25) is 0 Å². The summed E-state index contributed by atoms with van der Waals surface area (Å²) in [5.74, 6) is 0.769. The van der Waals surface area contributed by atoms with Gasteiger partial charge in [-0.05, 0) is 20.3 Å². The summed E-state index contributed by atoms with van der Waals surface area (Å²) in [5, 5.41) is 6.56. The van der Waals surface area contributed by atoms with Gasteiger partial charge in [0.25, 0.3) is 0 Å². The largest absolute Gasteiger partial charge is 0.308 e. The first-order chi connectivity index (χ1) is 7.08. The molecule has 1 rings (SSSR count). The third-order valence-electron chi connectivity index (χ3n) is 2.11. The van der Waals surface area contributed by atoms with Gasteiger partial charge < -0.3 is 5.32 Å². The quantitative estimate of drug-likeness (QED) is 0.830. The highest BCUT2D eigenvalue weighted by Gasteiger charge is 2.04. The summed E-state index contributed by atoms with van der Waals surface area (Å²) in [6.45, 7) is 4.94. The Morgan fingerprint density at radius 1 is 1.67 bits per heavy atom. The lowest BCUT2D eigenvalue weighted by atomic mass is 10.2. The molecule has 0 aliphatic rings. The standard InChI is InChI=1S/C10H18N2OS2/c1-8(4-5-15(3)13)11-6-10-12-9(2)7-14-10/h7-8,11H,4-6H2,1-3H3. The van der Waals surface area contributed by atoms with E-state index < -0.39 is 10.8 Å². The summed E-state index contributed by atoms with van der Waals surface area (Å²) >= 11 is 1.68. The minimum atomic E-state index is -0.683. The van der Waals surface area contributed by atoms with Crippen LogP contribution in [0, 0.1) is 6.92 Å². The van der Waals surface area contributed by atoms with E-state index in [2.05, 4.69) is 22.6 Å². The van der Waals surface area contributed by atoms with E-state index in [-0.39, 0.29) is 0 Å². The van der Waals surface area contributed by atoms with Gasteiger partial charge in [0.05, 0.1) is 0 Å². The molecule has 5 heteroatoms. The second kappa shape index (κ2) is 6.35. The summed E-state index contributed by atoms with van der Waals surface area (Å²) in [6.07, 6.45) is 2.70. The SMILES string of the molecule is Cc1csc(CNC(C)CCS(C)=O)n1. The summed E-state index contributed by atoms with van der Waals surface area (Å²) < 4.78 is 10.9. The number of aromatic nitrogens is 1. The van der Waals surface area contributed by atoms with Gasteiger partial charge in [-0.1, -0.05) is 0 Å². The minimum Gasteiger partial charge on any atom is -0.308 e. The van der Waals surface area contributed by atoms with Crippen molar-refractivity contribution in [3.8, 4) is 0 Å². The molecule has 0 amide bonds. The molecule has 0 fully saturated rings. The van der Waals surface area contributed by atoms with E-state index in [0.717, 1.165) is 29.4 Å². The third kappa shape index (κ3) is 5.39. The van der Waals surface area contributed by atoms with Gasteiger partial charge in [-0.2, -0.15) is 0 Å². The van der Waals surface area contributed by atoms with Crippen LogP contribution in [-0.4, -0.2) is 27.2 Å². The van der Waals surface area contributed by atoms with Crippen LogP contribution in [0.1, 0.15) is 24.0 Å². The van der Waals surface area contributed by atoms with Crippen molar-refractivity contribution in [3.63, 3.8) is 0 Å². The van der Waals surface area contributed by atoms with Gasteiger partial charge in [0, 0.05) is 46.5 Å². The van der Waals surface area contributed by atoms with Crippen molar-refractivity contribution in [1.82, 2.24) is 10.3 Å². The summed E-state index contributed by atoms with van der Waals surface area (Å²) in [4.78, 5) is 4.37. The number of rotatable bonds is 6. The first-order valence-corrected chi connectivity index (χ1v) is 7.63. The monoisotopic (exact) mass is 246 g/mol. The Kier molecular flexibility index (Phi) is 5.42. The maximum atomic E-state index is 10.9. The lowest BCUT2D eigenvalue weighted by Crippen LogP contribution is -2.26. The predicted molar refractivity (Wildman–Crippen MR) is 66.7 cm³/mol. The first kappa shape index (κ1) is 12.8. The van der Waals surface area contributed by atoms with Crippen LogP contribution in [0.15, 0.2) is 5.38 Å². The van der Waals surface area contributed by atoms with Crippen LogP contribution in [0.4, 0.5) is 0 Å². The van der Waals surface area contributed by atoms with Gasteiger partial charge in [-0.25, -0.2) is 4.98 Å². The molecule has 0 aliphatic carbocycles. The molecule has 1 heterocycles. The number of nitrogens with one attached hydrogen (secondary N) is 1. The van der Waals surface area contributed by atoms with E-state index in [1.54, 1.807) is 17.6 Å². The molecule has 15 heavy (non-hydrogen) atoms. The molecular formula is C10H18N2OS2. The van der Waals surface area contributed by atoms with Crippen molar-refractivity contribution < 1.29 is 4.21 Å². The van der Waals surface area contributed by atoms with E-state index in [0.29, 0.717) is 6.04 Å².